The minimum Gasteiger partial charge on any atom is -0.481 e. The molecule has 3 rings (SSSR count). The van der Waals surface area contributed by atoms with Gasteiger partial charge in [-0.15, -0.1) is 0 Å². The molecule has 7 heteroatoms. The van der Waals surface area contributed by atoms with Gasteiger partial charge in [-0.05, 0) is 29.7 Å². The van der Waals surface area contributed by atoms with E-state index in [1.165, 1.54) is 0 Å². The Balaban J connectivity index is 2.22. The fourth-order valence-corrected chi connectivity index (χ4v) is 4.15. The summed E-state index contributed by atoms with van der Waals surface area (Å²) >= 11 is 18.5. The van der Waals surface area contributed by atoms with Crippen LogP contribution in [0, 0.1) is 5.41 Å². The number of nitrogens with zero attached hydrogens (tertiary/aromatic N) is 1. The molecule has 29 heavy (non-hydrogen) atoms. The first-order valence-electron chi connectivity index (χ1n) is 9.29. The number of anilines is 1. The normalized spacial score (nSPS) is 19.6. The van der Waals surface area contributed by atoms with E-state index in [-0.39, 0.29) is 11.8 Å². The monoisotopic (exact) mass is 451 g/mol. The van der Waals surface area contributed by atoms with Crippen LogP contribution >= 0.6 is 35.4 Å². The van der Waals surface area contributed by atoms with Gasteiger partial charge in [0.05, 0.1) is 6.42 Å². The number of carboxylic acid groups (broad SMARTS) is 1. The van der Waals surface area contributed by atoms with Crippen LogP contribution in [0.25, 0.3) is 0 Å². The summed E-state index contributed by atoms with van der Waals surface area (Å²) in [5, 5.41) is 10.6. The van der Waals surface area contributed by atoms with E-state index >= 15 is 0 Å². The van der Waals surface area contributed by atoms with E-state index in [0.29, 0.717) is 21.6 Å². The third-order valence-corrected chi connectivity index (χ3v) is 5.65. The van der Waals surface area contributed by atoms with Crippen molar-refractivity contribution in [2.75, 3.05) is 11.4 Å². The molecule has 4 nitrogen and oxygen atoms in total. The number of carbonyl (C=O) groups is 1. The molecule has 154 valence electrons. The maximum Gasteiger partial charge on any atom is 0.306 e. The number of carboxylic acids is 1. The van der Waals surface area contributed by atoms with Gasteiger partial charge in [0.15, 0.2) is 0 Å². The van der Waals surface area contributed by atoms with Crippen LogP contribution in [0.2, 0.25) is 10.0 Å². The highest BCUT2D eigenvalue weighted by molar-refractivity contribution is 7.80. The fourth-order valence-electron chi connectivity index (χ4n) is 3.43. The van der Waals surface area contributed by atoms with Crippen molar-refractivity contribution in [2.24, 2.45) is 5.41 Å². The first-order chi connectivity index (χ1) is 13.6. The van der Waals surface area contributed by atoms with Crippen LogP contribution in [0.15, 0.2) is 42.5 Å². The molecule has 1 aliphatic heterocycles. The summed E-state index contributed by atoms with van der Waals surface area (Å²) < 4.78 is 6.32. The molecule has 0 saturated heterocycles. The number of thiocarbonyl (C=S) groups is 1. The van der Waals surface area contributed by atoms with Crippen LogP contribution in [-0.2, 0) is 9.53 Å². The molecule has 0 radical (unpaired) electrons. The molecule has 2 unspecified atom stereocenters. The van der Waals surface area contributed by atoms with Crippen molar-refractivity contribution in [3.05, 3.63) is 63.6 Å². The van der Waals surface area contributed by atoms with Crippen molar-refractivity contribution in [3.8, 4) is 0 Å². The Labute approximate surface area is 186 Å². The molecule has 1 N–H and O–H groups in total. The molecule has 0 aromatic heterocycles. The third kappa shape index (κ3) is 5.10. The molecule has 0 fully saturated rings. The average molecular weight is 452 g/mol. The van der Waals surface area contributed by atoms with E-state index < -0.39 is 18.2 Å². The number of benzene rings is 2. The van der Waals surface area contributed by atoms with Gasteiger partial charge in [-0.1, -0.05) is 74.4 Å². The number of aliphatic carboxylic acids is 1. The molecule has 1 heterocycles. The summed E-state index contributed by atoms with van der Waals surface area (Å²) in [6.45, 7) is 6.92. The highest BCUT2D eigenvalue weighted by Crippen LogP contribution is 2.42. The Kier molecular flexibility index (Phi) is 6.54. The lowest BCUT2D eigenvalue weighted by molar-refractivity contribution is -0.139. The predicted molar refractivity (Wildman–Crippen MR) is 121 cm³/mol. The molecular formula is C22H23Cl2NO3S. The van der Waals surface area contributed by atoms with Crippen LogP contribution < -0.4 is 4.90 Å². The molecule has 2 aromatic rings. The first-order valence-corrected chi connectivity index (χ1v) is 10.5. The average Bonchev–Trinajstić information content (AvgIpc) is 2.71. The van der Waals surface area contributed by atoms with Gasteiger partial charge in [0, 0.05) is 33.4 Å². The van der Waals surface area contributed by atoms with Crippen molar-refractivity contribution >= 4 is 52.1 Å². The Morgan fingerprint density at radius 2 is 1.86 bits per heavy atom. The fraction of sp³-hybridized carbons (Fsp3) is 0.364. The van der Waals surface area contributed by atoms with E-state index in [4.69, 9.17) is 40.2 Å². The Morgan fingerprint density at radius 3 is 2.48 bits per heavy atom. The van der Waals surface area contributed by atoms with Crippen molar-refractivity contribution in [1.29, 1.82) is 0 Å². The van der Waals surface area contributed by atoms with Gasteiger partial charge in [0.1, 0.15) is 17.2 Å². The SMILES string of the molecule is CC(C)(C)CN1C(=S)C(CC(=O)O)OC(c2ccccc2Cl)c2cc(Cl)ccc21. The quantitative estimate of drug-likeness (QED) is 0.565. The van der Waals surface area contributed by atoms with Gasteiger partial charge in [0.25, 0.3) is 0 Å². The summed E-state index contributed by atoms with van der Waals surface area (Å²) in [7, 11) is 0. The standard InChI is InChI=1S/C22H23Cl2NO3S/c1-22(2,3)12-25-17-9-8-13(23)10-15(17)20(14-6-4-5-7-16(14)24)28-18(21(25)29)11-19(26)27/h4-10,18,20H,11-12H2,1-3H3,(H,26,27). The first kappa shape index (κ1) is 22.0. The second-order valence-electron chi connectivity index (χ2n) is 8.31. The second-order valence-corrected chi connectivity index (χ2v) is 9.57. The molecule has 0 spiro atoms. The molecular weight excluding hydrogens is 429 g/mol. The molecule has 1 aliphatic rings. The van der Waals surface area contributed by atoms with Crippen molar-refractivity contribution in [2.45, 2.75) is 39.4 Å². The highest BCUT2D eigenvalue weighted by atomic mass is 35.5. The minimum absolute atomic E-state index is 0.0844. The van der Waals surface area contributed by atoms with Crippen LogP contribution in [0.5, 0.6) is 0 Å². The molecule has 0 amide bonds. The van der Waals surface area contributed by atoms with Gasteiger partial charge in [-0.2, -0.15) is 0 Å². The van der Waals surface area contributed by atoms with Crippen LogP contribution in [0.1, 0.15) is 44.4 Å². The topological polar surface area (TPSA) is 49.8 Å². The smallest absolute Gasteiger partial charge is 0.306 e. The Morgan fingerprint density at radius 1 is 1.17 bits per heavy atom. The maximum atomic E-state index is 11.5. The van der Waals surface area contributed by atoms with Gasteiger partial charge < -0.3 is 14.7 Å². The van der Waals surface area contributed by atoms with Gasteiger partial charge in [-0.25, -0.2) is 0 Å². The van der Waals surface area contributed by atoms with E-state index in [1.54, 1.807) is 12.1 Å². The van der Waals surface area contributed by atoms with E-state index in [2.05, 4.69) is 20.8 Å². The van der Waals surface area contributed by atoms with Crippen molar-refractivity contribution in [1.82, 2.24) is 0 Å². The number of hydrogen-bond donors (Lipinski definition) is 1. The molecule has 0 bridgehead atoms. The lowest BCUT2D eigenvalue weighted by Gasteiger charge is -2.33. The zero-order valence-corrected chi connectivity index (χ0v) is 18.8. The zero-order chi connectivity index (χ0) is 21.3. The maximum absolute atomic E-state index is 11.5. The van der Waals surface area contributed by atoms with Crippen LogP contribution in [-0.4, -0.2) is 28.7 Å². The van der Waals surface area contributed by atoms with Crippen molar-refractivity contribution in [3.63, 3.8) is 0 Å². The van der Waals surface area contributed by atoms with Gasteiger partial charge in [-0.3, -0.25) is 4.79 Å². The lowest BCUT2D eigenvalue weighted by atomic mass is 9.94. The van der Waals surface area contributed by atoms with Gasteiger partial charge >= 0.3 is 5.97 Å². The molecule has 2 atom stereocenters. The molecule has 2 aromatic carbocycles. The lowest BCUT2D eigenvalue weighted by Crippen LogP contribution is -2.43. The van der Waals surface area contributed by atoms with E-state index in [0.717, 1.165) is 16.8 Å². The number of ether oxygens (including phenoxy) is 1. The van der Waals surface area contributed by atoms with E-state index in [1.807, 2.05) is 35.2 Å². The summed E-state index contributed by atoms with van der Waals surface area (Å²) in [5.41, 5.74) is 2.32. The van der Waals surface area contributed by atoms with Crippen molar-refractivity contribution < 1.29 is 14.6 Å². The third-order valence-electron chi connectivity index (χ3n) is 4.58. The largest absolute Gasteiger partial charge is 0.481 e. The summed E-state index contributed by atoms with van der Waals surface area (Å²) in [6.07, 6.45) is -1.61. The highest BCUT2D eigenvalue weighted by Gasteiger charge is 2.37. The van der Waals surface area contributed by atoms with Crippen LogP contribution in [0.3, 0.4) is 0 Å². The number of hydrogen-bond acceptors (Lipinski definition) is 3. The Hall–Kier alpha value is -1.66. The second kappa shape index (κ2) is 8.60. The number of halogens is 2. The summed E-state index contributed by atoms with van der Waals surface area (Å²) in [4.78, 5) is 14.0. The number of fused-ring (bicyclic) bond motifs is 1. The molecule has 0 aliphatic carbocycles. The Bertz CT molecular complexity index is 942. The summed E-state index contributed by atoms with van der Waals surface area (Å²) in [5.74, 6) is -0.977. The van der Waals surface area contributed by atoms with Crippen LogP contribution in [0.4, 0.5) is 5.69 Å². The number of rotatable bonds is 4. The molecule has 0 saturated carbocycles. The summed E-state index contributed by atoms with van der Waals surface area (Å²) in [6, 6.07) is 12.9. The predicted octanol–water partition coefficient (Wildman–Crippen LogP) is 6.14. The van der Waals surface area contributed by atoms with E-state index in [9.17, 15) is 9.90 Å². The zero-order valence-electron chi connectivity index (χ0n) is 16.5. The minimum atomic E-state index is -0.977. The van der Waals surface area contributed by atoms with Gasteiger partial charge in [0.2, 0.25) is 0 Å².